The first-order valence-corrected chi connectivity index (χ1v) is 9.53. The van der Waals surface area contributed by atoms with Gasteiger partial charge in [0, 0.05) is 16.6 Å². The summed E-state index contributed by atoms with van der Waals surface area (Å²) in [4.78, 5) is 21.7. The Morgan fingerprint density at radius 2 is 1.82 bits per heavy atom. The fourth-order valence-corrected chi connectivity index (χ4v) is 3.99. The topological polar surface area (TPSA) is 76.2 Å². The van der Waals surface area contributed by atoms with Crippen LogP contribution in [0.15, 0.2) is 59.4 Å². The maximum Gasteiger partial charge on any atom is 0.259 e. The van der Waals surface area contributed by atoms with Crippen molar-refractivity contribution in [3.8, 4) is 21.9 Å². The lowest BCUT2D eigenvalue weighted by Crippen LogP contribution is -2.13. The van der Waals surface area contributed by atoms with E-state index in [0.717, 1.165) is 21.0 Å². The van der Waals surface area contributed by atoms with Gasteiger partial charge in [0.25, 0.3) is 5.56 Å². The molecule has 142 valence electrons. The molecule has 0 aliphatic heterocycles. The van der Waals surface area contributed by atoms with Crippen LogP contribution in [0.2, 0.25) is 0 Å². The molecule has 0 radical (unpaired) electrons. The average molecular weight is 393 g/mol. The summed E-state index contributed by atoms with van der Waals surface area (Å²) in [7, 11) is 3.19. The van der Waals surface area contributed by atoms with E-state index in [1.165, 1.54) is 11.3 Å². The van der Waals surface area contributed by atoms with Crippen LogP contribution >= 0.6 is 11.3 Å². The zero-order chi connectivity index (χ0) is 19.5. The van der Waals surface area contributed by atoms with Gasteiger partial charge in [0.1, 0.15) is 10.7 Å². The average Bonchev–Trinajstić information content (AvgIpc) is 3.17. The molecule has 0 bridgehead atoms. The fraction of sp³-hybridized carbons (Fsp3) is 0.143. The first-order valence-electron chi connectivity index (χ1n) is 8.72. The van der Waals surface area contributed by atoms with Gasteiger partial charge in [-0.05, 0) is 23.8 Å². The lowest BCUT2D eigenvalue weighted by Gasteiger charge is -2.11. The summed E-state index contributed by atoms with van der Waals surface area (Å²) in [5, 5.41) is 3.86. The van der Waals surface area contributed by atoms with Crippen LogP contribution in [0.3, 0.4) is 0 Å². The van der Waals surface area contributed by atoms with Crippen LogP contribution in [-0.2, 0) is 6.54 Å². The van der Waals surface area contributed by atoms with Gasteiger partial charge in [-0.2, -0.15) is 0 Å². The van der Waals surface area contributed by atoms with E-state index in [4.69, 9.17) is 9.47 Å². The van der Waals surface area contributed by atoms with E-state index in [1.807, 2.05) is 54.6 Å². The van der Waals surface area contributed by atoms with Gasteiger partial charge in [-0.15, -0.1) is 11.3 Å². The SMILES string of the molecule is COc1ccc(NCc2nc3sc(-c4ccccc4)cc3c(=O)[nH]2)cc1OC. The molecule has 0 spiro atoms. The molecule has 6 nitrogen and oxygen atoms in total. The van der Waals surface area contributed by atoms with E-state index < -0.39 is 0 Å². The van der Waals surface area contributed by atoms with Gasteiger partial charge in [0.15, 0.2) is 11.5 Å². The molecule has 0 aliphatic rings. The van der Waals surface area contributed by atoms with Gasteiger partial charge in [0.2, 0.25) is 0 Å². The number of rotatable bonds is 6. The molecule has 0 atom stereocenters. The number of benzene rings is 2. The van der Waals surface area contributed by atoms with E-state index >= 15 is 0 Å². The van der Waals surface area contributed by atoms with Gasteiger partial charge in [-0.3, -0.25) is 4.79 Å². The molecule has 2 aromatic carbocycles. The van der Waals surface area contributed by atoms with Crippen LogP contribution in [0.4, 0.5) is 5.69 Å². The summed E-state index contributed by atoms with van der Waals surface area (Å²) in [6, 6.07) is 17.4. The monoisotopic (exact) mass is 393 g/mol. The van der Waals surface area contributed by atoms with Crippen molar-refractivity contribution < 1.29 is 9.47 Å². The molecule has 0 amide bonds. The molecule has 2 aromatic heterocycles. The predicted molar refractivity (Wildman–Crippen MR) is 113 cm³/mol. The van der Waals surface area contributed by atoms with Crippen molar-refractivity contribution >= 4 is 27.2 Å². The van der Waals surface area contributed by atoms with Crippen molar-refractivity contribution in [1.29, 1.82) is 0 Å². The Kier molecular flexibility index (Phi) is 4.99. The molecular formula is C21H19N3O3S. The number of aromatic amines is 1. The van der Waals surface area contributed by atoms with Gasteiger partial charge in [-0.25, -0.2) is 4.98 Å². The molecule has 4 rings (SSSR count). The highest BCUT2D eigenvalue weighted by Crippen LogP contribution is 2.31. The van der Waals surface area contributed by atoms with E-state index in [1.54, 1.807) is 14.2 Å². The number of methoxy groups -OCH3 is 2. The van der Waals surface area contributed by atoms with Gasteiger partial charge < -0.3 is 19.8 Å². The third-order valence-corrected chi connectivity index (χ3v) is 5.43. The smallest absolute Gasteiger partial charge is 0.259 e. The Balaban J connectivity index is 1.59. The minimum absolute atomic E-state index is 0.132. The highest BCUT2D eigenvalue weighted by atomic mass is 32.1. The number of fused-ring (bicyclic) bond motifs is 1. The zero-order valence-corrected chi connectivity index (χ0v) is 16.3. The van der Waals surface area contributed by atoms with Crippen molar-refractivity contribution in [2.75, 3.05) is 19.5 Å². The number of thiophene rings is 1. The standard InChI is InChI=1S/C21H19N3O3S/c1-26-16-9-8-14(10-17(16)27-2)22-12-19-23-20(25)15-11-18(28-21(15)24-19)13-6-4-3-5-7-13/h3-11,22H,12H2,1-2H3,(H,23,24,25). The Morgan fingerprint density at radius 3 is 2.57 bits per heavy atom. The Morgan fingerprint density at radius 1 is 1.04 bits per heavy atom. The van der Waals surface area contributed by atoms with Gasteiger partial charge >= 0.3 is 0 Å². The second kappa shape index (κ2) is 7.74. The summed E-state index contributed by atoms with van der Waals surface area (Å²) in [5.41, 5.74) is 1.79. The molecular weight excluding hydrogens is 374 g/mol. The largest absolute Gasteiger partial charge is 0.493 e. The van der Waals surface area contributed by atoms with Crippen LogP contribution in [0, 0.1) is 0 Å². The Hall–Kier alpha value is -3.32. The molecule has 28 heavy (non-hydrogen) atoms. The third-order valence-electron chi connectivity index (χ3n) is 4.35. The normalized spacial score (nSPS) is 10.8. The molecule has 2 N–H and O–H groups in total. The summed E-state index contributed by atoms with van der Waals surface area (Å²) < 4.78 is 10.6. The van der Waals surface area contributed by atoms with Crippen molar-refractivity contribution in [2.45, 2.75) is 6.54 Å². The third kappa shape index (κ3) is 3.57. The summed E-state index contributed by atoms with van der Waals surface area (Å²) in [6.07, 6.45) is 0. The summed E-state index contributed by atoms with van der Waals surface area (Å²) in [6.45, 7) is 0.388. The molecule has 4 aromatic rings. The number of hydrogen-bond donors (Lipinski definition) is 2. The molecule has 7 heteroatoms. The first-order chi connectivity index (χ1) is 13.7. The molecule has 0 fully saturated rings. The van der Waals surface area contributed by atoms with E-state index in [2.05, 4.69) is 15.3 Å². The van der Waals surface area contributed by atoms with Crippen molar-refractivity contribution in [3.63, 3.8) is 0 Å². The second-order valence-corrected chi connectivity index (χ2v) is 7.16. The lowest BCUT2D eigenvalue weighted by atomic mass is 10.2. The highest BCUT2D eigenvalue weighted by molar-refractivity contribution is 7.21. The Labute approximate surface area is 165 Å². The highest BCUT2D eigenvalue weighted by Gasteiger charge is 2.11. The minimum Gasteiger partial charge on any atom is -0.493 e. The number of nitrogens with one attached hydrogen (secondary N) is 2. The van der Waals surface area contributed by atoms with Crippen LogP contribution in [0.5, 0.6) is 11.5 Å². The predicted octanol–water partition coefficient (Wildman–Crippen LogP) is 4.28. The zero-order valence-electron chi connectivity index (χ0n) is 15.5. The van der Waals surface area contributed by atoms with Crippen molar-refractivity contribution in [2.24, 2.45) is 0 Å². The first kappa shape index (κ1) is 18.1. The molecule has 2 heterocycles. The maximum atomic E-state index is 12.5. The molecule has 0 unspecified atom stereocenters. The number of ether oxygens (including phenoxy) is 2. The summed E-state index contributed by atoms with van der Waals surface area (Å²) >= 11 is 1.52. The van der Waals surface area contributed by atoms with Crippen LogP contribution in [0.1, 0.15) is 5.82 Å². The fourth-order valence-electron chi connectivity index (χ4n) is 2.94. The quantitative estimate of drug-likeness (QED) is 0.511. The Bertz CT molecular complexity index is 1170. The number of aromatic nitrogens is 2. The summed E-state index contributed by atoms with van der Waals surface area (Å²) in [5.74, 6) is 1.87. The van der Waals surface area contributed by atoms with E-state index in [9.17, 15) is 4.79 Å². The van der Waals surface area contributed by atoms with Gasteiger partial charge in [0.05, 0.1) is 26.2 Å². The molecule has 0 aliphatic carbocycles. The molecule has 0 saturated heterocycles. The second-order valence-electron chi connectivity index (χ2n) is 6.13. The number of H-pyrrole nitrogens is 1. The number of hydrogen-bond acceptors (Lipinski definition) is 6. The minimum atomic E-state index is -0.132. The van der Waals surface area contributed by atoms with Crippen LogP contribution in [0.25, 0.3) is 20.7 Å². The van der Waals surface area contributed by atoms with Gasteiger partial charge in [-0.1, -0.05) is 30.3 Å². The van der Waals surface area contributed by atoms with E-state index in [0.29, 0.717) is 29.3 Å². The lowest BCUT2D eigenvalue weighted by molar-refractivity contribution is 0.355. The van der Waals surface area contributed by atoms with E-state index in [-0.39, 0.29) is 5.56 Å². The number of anilines is 1. The van der Waals surface area contributed by atoms with Crippen molar-refractivity contribution in [1.82, 2.24) is 9.97 Å². The maximum absolute atomic E-state index is 12.5. The van der Waals surface area contributed by atoms with Crippen LogP contribution in [-0.4, -0.2) is 24.2 Å². The van der Waals surface area contributed by atoms with Crippen molar-refractivity contribution in [3.05, 3.63) is 70.8 Å². The number of nitrogens with zero attached hydrogens (tertiary/aromatic N) is 1. The van der Waals surface area contributed by atoms with Crippen LogP contribution < -0.4 is 20.3 Å². The molecule has 0 saturated carbocycles.